The first-order valence-corrected chi connectivity index (χ1v) is 11.3. The molecular formula is C21H33BrO2. The largest absolute Gasteiger partial charge is 0.390 e. The van der Waals surface area contributed by atoms with Gasteiger partial charge in [0.25, 0.3) is 0 Å². The van der Waals surface area contributed by atoms with E-state index in [1.165, 1.54) is 38.5 Å². The first-order chi connectivity index (χ1) is 11.4. The predicted octanol–water partition coefficient (Wildman–Crippen LogP) is 4.97. The van der Waals surface area contributed by atoms with Gasteiger partial charge in [0.15, 0.2) is 0 Å². The molecule has 0 aliphatic heterocycles. The van der Waals surface area contributed by atoms with Gasteiger partial charge in [0.1, 0.15) is 5.78 Å². The molecule has 1 N–H and O–H groups in total. The Hall–Kier alpha value is 0.110. The number of carbonyl (C=O) groups is 1. The Kier molecular flexibility index (Phi) is 4.44. The summed E-state index contributed by atoms with van der Waals surface area (Å²) in [4.78, 5) is 12.5. The first kappa shape index (κ1) is 17.5. The summed E-state index contributed by atoms with van der Waals surface area (Å²) >= 11 is 3.42. The normalized spacial score (nSPS) is 53.8. The second-order valence-electron chi connectivity index (χ2n) is 9.95. The van der Waals surface area contributed by atoms with Crippen LogP contribution in [0.4, 0.5) is 0 Å². The van der Waals surface area contributed by atoms with Crippen molar-refractivity contribution < 1.29 is 9.90 Å². The maximum absolute atomic E-state index is 12.5. The van der Waals surface area contributed by atoms with E-state index < -0.39 is 5.60 Å². The van der Waals surface area contributed by atoms with E-state index in [0.29, 0.717) is 17.0 Å². The van der Waals surface area contributed by atoms with Gasteiger partial charge in [-0.15, -0.1) is 0 Å². The highest BCUT2D eigenvalue weighted by Gasteiger charge is 2.58. The summed E-state index contributed by atoms with van der Waals surface area (Å²) in [5, 5.41) is 11.0. The molecule has 0 aromatic carbocycles. The fourth-order valence-electron chi connectivity index (χ4n) is 7.70. The lowest BCUT2D eigenvalue weighted by Crippen LogP contribution is -2.51. The van der Waals surface area contributed by atoms with Gasteiger partial charge < -0.3 is 5.11 Å². The summed E-state index contributed by atoms with van der Waals surface area (Å²) in [5.74, 6) is 4.83. The van der Waals surface area contributed by atoms with Crippen LogP contribution in [0.5, 0.6) is 0 Å². The van der Waals surface area contributed by atoms with Crippen LogP contribution in [0.25, 0.3) is 0 Å². The Morgan fingerprint density at radius 3 is 2.50 bits per heavy atom. The van der Waals surface area contributed by atoms with Crippen LogP contribution in [-0.2, 0) is 4.79 Å². The van der Waals surface area contributed by atoms with E-state index in [2.05, 4.69) is 22.9 Å². The maximum atomic E-state index is 12.5. The number of rotatable bonds is 2. The fraction of sp³-hybridized carbons (Fsp3) is 0.952. The van der Waals surface area contributed by atoms with Gasteiger partial charge in [0, 0.05) is 5.92 Å². The molecule has 4 saturated carbocycles. The lowest BCUT2D eigenvalue weighted by atomic mass is 9.49. The molecule has 3 heteroatoms. The highest BCUT2D eigenvalue weighted by molar-refractivity contribution is 9.09. The third-order valence-corrected chi connectivity index (χ3v) is 9.31. The third-order valence-electron chi connectivity index (χ3n) is 8.76. The number of hydrogen-bond acceptors (Lipinski definition) is 2. The Bertz CT molecular complexity index is 516. The summed E-state index contributed by atoms with van der Waals surface area (Å²) in [6, 6.07) is 0. The van der Waals surface area contributed by atoms with Crippen molar-refractivity contribution in [2.75, 3.05) is 5.33 Å². The molecule has 0 aromatic heterocycles. The van der Waals surface area contributed by atoms with Crippen LogP contribution in [0.3, 0.4) is 0 Å². The zero-order valence-electron chi connectivity index (χ0n) is 15.3. The van der Waals surface area contributed by atoms with Gasteiger partial charge in [-0.1, -0.05) is 22.9 Å². The van der Waals surface area contributed by atoms with E-state index in [1.807, 2.05) is 6.92 Å². The zero-order chi connectivity index (χ0) is 17.1. The van der Waals surface area contributed by atoms with Gasteiger partial charge in [0.05, 0.1) is 10.9 Å². The van der Waals surface area contributed by atoms with E-state index in [-0.39, 0.29) is 5.41 Å². The summed E-state index contributed by atoms with van der Waals surface area (Å²) in [6.07, 6.45) is 10.9. The Morgan fingerprint density at radius 2 is 1.75 bits per heavy atom. The molecule has 8 atom stereocenters. The Balaban J connectivity index is 1.54. The lowest BCUT2D eigenvalue weighted by molar-refractivity contribution is -0.129. The molecule has 0 aromatic rings. The van der Waals surface area contributed by atoms with Crippen LogP contribution in [0.2, 0.25) is 0 Å². The van der Waals surface area contributed by atoms with Gasteiger partial charge >= 0.3 is 0 Å². The van der Waals surface area contributed by atoms with Crippen LogP contribution in [0.15, 0.2) is 0 Å². The SMILES string of the molecule is C[C@@]1(O)CC[C@H]2C(CCC3[C@@H]2CC[C@]2(C)[C@@H](C(=O)CBr)CC[C@@H]32)C1. The topological polar surface area (TPSA) is 37.3 Å². The van der Waals surface area contributed by atoms with E-state index in [9.17, 15) is 9.90 Å². The molecule has 0 radical (unpaired) electrons. The molecule has 4 aliphatic carbocycles. The van der Waals surface area contributed by atoms with Gasteiger partial charge in [-0.2, -0.15) is 0 Å². The average Bonchev–Trinajstić information content (AvgIpc) is 2.90. The van der Waals surface area contributed by atoms with E-state index >= 15 is 0 Å². The van der Waals surface area contributed by atoms with Crippen LogP contribution >= 0.6 is 15.9 Å². The van der Waals surface area contributed by atoms with Crippen LogP contribution < -0.4 is 0 Å². The standard InChI is InChI=1S/C21H33BrO2/c1-20(24)9-7-14-13(11-20)3-4-16-15(14)8-10-21(2)17(16)5-6-18(21)19(23)12-22/h13-18,24H,3-12H2,1-2H3/t13?,14-,15+,16?,17-,18+,20+,21-/m0/s1. The van der Waals surface area contributed by atoms with E-state index in [1.54, 1.807) is 0 Å². The minimum Gasteiger partial charge on any atom is -0.390 e. The number of hydrogen-bond donors (Lipinski definition) is 1. The Labute approximate surface area is 155 Å². The third kappa shape index (κ3) is 2.64. The van der Waals surface area contributed by atoms with Crippen molar-refractivity contribution in [1.29, 1.82) is 0 Å². The summed E-state index contributed by atoms with van der Waals surface area (Å²) in [5.41, 5.74) is -0.156. The maximum Gasteiger partial charge on any atom is 0.147 e. The molecule has 4 aliphatic rings. The van der Waals surface area contributed by atoms with Crippen LogP contribution in [0, 0.1) is 40.9 Å². The summed E-state index contributed by atoms with van der Waals surface area (Å²) in [7, 11) is 0. The van der Waals surface area contributed by atoms with Crippen LogP contribution in [-0.4, -0.2) is 21.8 Å². The summed E-state index contributed by atoms with van der Waals surface area (Å²) in [6.45, 7) is 4.48. The molecule has 4 rings (SSSR count). The highest BCUT2D eigenvalue weighted by Crippen LogP contribution is 2.64. The Morgan fingerprint density at radius 1 is 1.00 bits per heavy atom. The van der Waals surface area contributed by atoms with Crippen LogP contribution in [0.1, 0.15) is 71.6 Å². The van der Waals surface area contributed by atoms with Crippen molar-refractivity contribution in [1.82, 2.24) is 0 Å². The lowest BCUT2D eigenvalue weighted by Gasteiger charge is -2.56. The van der Waals surface area contributed by atoms with Gasteiger partial charge in [0.2, 0.25) is 0 Å². The molecule has 0 spiro atoms. The molecule has 0 heterocycles. The van der Waals surface area contributed by atoms with Crippen molar-refractivity contribution in [3.63, 3.8) is 0 Å². The monoisotopic (exact) mass is 396 g/mol. The van der Waals surface area contributed by atoms with E-state index in [0.717, 1.165) is 48.9 Å². The van der Waals surface area contributed by atoms with Crippen molar-refractivity contribution in [3.8, 4) is 0 Å². The van der Waals surface area contributed by atoms with Gasteiger partial charge in [-0.3, -0.25) is 4.79 Å². The predicted molar refractivity (Wildman–Crippen MR) is 100 cm³/mol. The number of fused-ring (bicyclic) bond motifs is 5. The van der Waals surface area contributed by atoms with Crippen molar-refractivity contribution in [2.45, 2.75) is 77.2 Å². The minimum atomic E-state index is -0.419. The van der Waals surface area contributed by atoms with Crippen molar-refractivity contribution >= 4 is 21.7 Å². The molecule has 0 amide bonds. The number of carbonyl (C=O) groups excluding carboxylic acids is 1. The molecular weight excluding hydrogens is 364 g/mol. The highest BCUT2D eigenvalue weighted by atomic mass is 79.9. The number of alkyl halides is 1. The second-order valence-corrected chi connectivity index (χ2v) is 10.5. The molecule has 2 nitrogen and oxygen atoms in total. The molecule has 0 bridgehead atoms. The van der Waals surface area contributed by atoms with Gasteiger partial charge in [-0.25, -0.2) is 0 Å². The number of aliphatic hydroxyl groups is 1. The van der Waals surface area contributed by atoms with Crippen molar-refractivity contribution in [3.05, 3.63) is 0 Å². The zero-order valence-corrected chi connectivity index (χ0v) is 16.9. The number of Topliss-reactive ketones (excluding diaryl/α,β-unsaturated/α-hetero) is 1. The molecule has 24 heavy (non-hydrogen) atoms. The molecule has 136 valence electrons. The number of halogens is 1. The fourth-order valence-corrected chi connectivity index (χ4v) is 8.09. The number of ketones is 1. The molecule has 0 saturated heterocycles. The smallest absolute Gasteiger partial charge is 0.147 e. The van der Waals surface area contributed by atoms with Crippen molar-refractivity contribution in [2.24, 2.45) is 40.9 Å². The second kappa shape index (κ2) is 6.08. The van der Waals surface area contributed by atoms with Gasteiger partial charge in [-0.05, 0) is 99.7 Å². The van der Waals surface area contributed by atoms with E-state index in [4.69, 9.17) is 0 Å². The molecule has 2 unspecified atom stereocenters. The first-order valence-electron chi connectivity index (χ1n) is 10.2. The molecule has 4 fully saturated rings. The minimum absolute atomic E-state index is 0.263. The summed E-state index contributed by atoms with van der Waals surface area (Å²) < 4.78 is 0. The average molecular weight is 397 g/mol. The quantitative estimate of drug-likeness (QED) is 0.668.